The first-order valence-electron chi connectivity index (χ1n) is 6.86. The Balaban J connectivity index is 2.13. The Morgan fingerprint density at radius 2 is 1.86 bits per heavy atom. The molecule has 4 rings (SSSR count). The topological polar surface area (TPSA) is 45.4 Å². The summed E-state index contributed by atoms with van der Waals surface area (Å²) in [6.07, 6.45) is 0. The first-order chi connectivity index (χ1) is 10.6. The van der Waals surface area contributed by atoms with E-state index >= 15 is 0 Å². The van der Waals surface area contributed by atoms with Crippen molar-refractivity contribution in [3.63, 3.8) is 0 Å². The van der Waals surface area contributed by atoms with Crippen molar-refractivity contribution >= 4 is 10.8 Å². The van der Waals surface area contributed by atoms with Crippen LogP contribution in [0, 0.1) is 17.9 Å². The molecular formula is C17H12FNO3. The van der Waals surface area contributed by atoms with Crippen LogP contribution < -0.4 is 14.2 Å². The van der Waals surface area contributed by atoms with Gasteiger partial charge >= 0.3 is 0 Å². The standard InChI is InChI=1S/C17H12FNO3/c1-10-8-12-4-7-14-17(22-9-21-14)15(12)16(19(10)20)11-2-5-13(18)6-3-11/h2-8H,9H2,1H3. The first-order valence-corrected chi connectivity index (χ1v) is 6.86. The third-order valence-corrected chi connectivity index (χ3v) is 3.81. The predicted octanol–water partition coefficient (Wildman–Crippen LogP) is 3.32. The summed E-state index contributed by atoms with van der Waals surface area (Å²) in [6.45, 7) is 1.87. The number of hydrogen-bond donors (Lipinski definition) is 0. The van der Waals surface area contributed by atoms with Crippen molar-refractivity contribution in [3.05, 3.63) is 59.2 Å². The number of ether oxygens (including phenoxy) is 2. The zero-order valence-electron chi connectivity index (χ0n) is 11.8. The lowest BCUT2D eigenvalue weighted by Crippen LogP contribution is -2.33. The number of halogens is 1. The second kappa shape index (κ2) is 4.59. The van der Waals surface area contributed by atoms with Crippen molar-refractivity contribution in [2.75, 3.05) is 6.79 Å². The van der Waals surface area contributed by atoms with E-state index < -0.39 is 0 Å². The van der Waals surface area contributed by atoms with Gasteiger partial charge in [0.05, 0.1) is 0 Å². The van der Waals surface area contributed by atoms with Gasteiger partial charge in [0, 0.05) is 18.6 Å². The lowest BCUT2D eigenvalue weighted by Gasteiger charge is -2.12. The van der Waals surface area contributed by atoms with E-state index in [0.29, 0.717) is 33.8 Å². The molecule has 0 fully saturated rings. The minimum absolute atomic E-state index is 0.129. The highest BCUT2D eigenvalue weighted by Crippen LogP contribution is 2.42. The molecular weight excluding hydrogens is 285 g/mol. The lowest BCUT2D eigenvalue weighted by atomic mass is 10.0. The molecule has 1 aliphatic rings. The van der Waals surface area contributed by atoms with Crippen LogP contribution >= 0.6 is 0 Å². The highest BCUT2D eigenvalue weighted by molar-refractivity contribution is 6.00. The minimum atomic E-state index is -0.344. The number of nitrogens with zero attached hydrogens (tertiary/aromatic N) is 1. The lowest BCUT2D eigenvalue weighted by molar-refractivity contribution is -0.599. The van der Waals surface area contributed by atoms with E-state index in [4.69, 9.17) is 9.47 Å². The summed E-state index contributed by atoms with van der Waals surface area (Å²) in [7, 11) is 0. The maximum absolute atomic E-state index is 13.2. The van der Waals surface area contributed by atoms with Crippen molar-refractivity contribution in [1.29, 1.82) is 0 Å². The number of pyridine rings is 1. The molecule has 3 aromatic rings. The van der Waals surface area contributed by atoms with Crippen molar-refractivity contribution < 1.29 is 18.6 Å². The third kappa shape index (κ3) is 1.79. The SMILES string of the molecule is Cc1cc2ccc3c(c2c(-c2ccc(F)cc2)[n+]1[O-])OCO3. The number of rotatable bonds is 1. The van der Waals surface area contributed by atoms with Gasteiger partial charge in [-0.05, 0) is 41.8 Å². The van der Waals surface area contributed by atoms with Crippen LogP contribution in [0.15, 0.2) is 42.5 Å². The van der Waals surface area contributed by atoms with Crippen LogP contribution in [0.2, 0.25) is 0 Å². The van der Waals surface area contributed by atoms with Crippen LogP contribution in [0.3, 0.4) is 0 Å². The predicted molar refractivity (Wildman–Crippen MR) is 79.2 cm³/mol. The molecule has 0 aliphatic carbocycles. The molecule has 110 valence electrons. The zero-order chi connectivity index (χ0) is 15.3. The quantitative estimate of drug-likeness (QED) is 0.511. The maximum Gasteiger partial charge on any atom is 0.235 e. The number of benzene rings is 2. The van der Waals surface area contributed by atoms with Crippen LogP contribution in [-0.2, 0) is 0 Å². The van der Waals surface area contributed by atoms with Crippen LogP contribution in [0.25, 0.3) is 22.0 Å². The zero-order valence-corrected chi connectivity index (χ0v) is 11.8. The summed E-state index contributed by atoms with van der Waals surface area (Å²) >= 11 is 0. The smallest absolute Gasteiger partial charge is 0.235 e. The van der Waals surface area contributed by atoms with Crippen molar-refractivity contribution in [3.8, 4) is 22.8 Å². The van der Waals surface area contributed by atoms with Gasteiger partial charge in [0.25, 0.3) is 0 Å². The Kier molecular flexibility index (Phi) is 2.69. The molecule has 0 N–H and O–H groups in total. The molecule has 1 aliphatic heterocycles. The Labute approximate surface area is 125 Å². The molecule has 0 spiro atoms. The second-order valence-corrected chi connectivity index (χ2v) is 5.20. The Hall–Kier alpha value is -2.82. The fraction of sp³-hybridized carbons (Fsp3) is 0.118. The number of hydrogen-bond acceptors (Lipinski definition) is 3. The summed E-state index contributed by atoms with van der Waals surface area (Å²) < 4.78 is 25.0. The first kappa shape index (κ1) is 12.9. The van der Waals surface area contributed by atoms with Gasteiger partial charge < -0.3 is 14.7 Å². The number of fused-ring (bicyclic) bond motifs is 3. The Morgan fingerprint density at radius 3 is 2.64 bits per heavy atom. The normalized spacial score (nSPS) is 12.8. The highest BCUT2D eigenvalue weighted by Gasteiger charge is 2.26. The van der Waals surface area contributed by atoms with Crippen LogP contribution in [0.4, 0.5) is 4.39 Å². The van der Waals surface area contributed by atoms with Gasteiger partial charge in [-0.25, -0.2) is 4.39 Å². The van der Waals surface area contributed by atoms with Gasteiger partial charge in [-0.1, -0.05) is 0 Å². The summed E-state index contributed by atoms with van der Waals surface area (Å²) in [5.74, 6) is 0.823. The fourth-order valence-electron chi connectivity index (χ4n) is 2.78. The molecule has 22 heavy (non-hydrogen) atoms. The second-order valence-electron chi connectivity index (χ2n) is 5.20. The molecule has 2 heterocycles. The van der Waals surface area contributed by atoms with Crippen LogP contribution in [-0.4, -0.2) is 6.79 Å². The van der Waals surface area contributed by atoms with Crippen LogP contribution in [0.1, 0.15) is 5.69 Å². The molecule has 0 atom stereocenters. The molecule has 0 bridgehead atoms. The van der Waals surface area contributed by atoms with Gasteiger partial charge in [-0.2, -0.15) is 4.73 Å². The van der Waals surface area contributed by atoms with E-state index in [9.17, 15) is 9.60 Å². The molecule has 0 amide bonds. The van der Waals surface area contributed by atoms with E-state index in [1.54, 1.807) is 25.1 Å². The van der Waals surface area contributed by atoms with Gasteiger partial charge in [0.1, 0.15) is 11.2 Å². The minimum Gasteiger partial charge on any atom is -0.618 e. The van der Waals surface area contributed by atoms with Gasteiger partial charge in [0.2, 0.25) is 12.5 Å². The molecule has 2 aromatic carbocycles. The highest BCUT2D eigenvalue weighted by atomic mass is 19.1. The summed E-state index contributed by atoms with van der Waals surface area (Å²) in [5.41, 5.74) is 1.64. The molecule has 0 saturated carbocycles. The van der Waals surface area contributed by atoms with Gasteiger partial charge in [0.15, 0.2) is 17.2 Å². The van der Waals surface area contributed by atoms with E-state index in [0.717, 1.165) is 10.1 Å². The molecule has 0 unspecified atom stereocenters. The van der Waals surface area contributed by atoms with Crippen molar-refractivity contribution in [2.45, 2.75) is 6.92 Å². The van der Waals surface area contributed by atoms with E-state index in [1.165, 1.54) is 12.1 Å². The van der Waals surface area contributed by atoms with Crippen LogP contribution in [0.5, 0.6) is 11.5 Å². The summed E-state index contributed by atoms with van der Waals surface area (Å²) in [4.78, 5) is 0. The monoisotopic (exact) mass is 297 g/mol. The van der Waals surface area contributed by atoms with E-state index in [2.05, 4.69) is 0 Å². The van der Waals surface area contributed by atoms with E-state index in [1.807, 2.05) is 12.1 Å². The number of aromatic nitrogens is 1. The molecule has 5 heteroatoms. The molecule has 1 aromatic heterocycles. The molecule has 0 saturated heterocycles. The van der Waals surface area contributed by atoms with Crippen molar-refractivity contribution in [2.24, 2.45) is 0 Å². The van der Waals surface area contributed by atoms with Crippen molar-refractivity contribution in [1.82, 2.24) is 0 Å². The summed E-state index contributed by atoms with van der Waals surface area (Å²) in [5, 5.41) is 14.2. The molecule has 0 radical (unpaired) electrons. The maximum atomic E-state index is 13.2. The average Bonchev–Trinajstić information content (AvgIpc) is 2.98. The number of aryl methyl sites for hydroxylation is 1. The Morgan fingerprint density at radius 1 is 1.09 bits per heavy atom. The Bertz CT molecular complexity index is 891. The van der Waals surface area contributed by atoms with Gasteiger partial charge in [-0.15, -0.1) is 0 Å². The third-order valence-electron chi connectivity index (χ3n) is 3.81. The average molecular weight is 297 g/mol. The largest absolute Gasteiger partial charge is 0.618 e. The molecule has 4 nitrogen and oxygen atoms in total. The van der Waals surface area contributed by atoms with Gasteiger partial charge in [-0.3, -0.25) is 0 Å². The fourth-order valence-corrected chi connectivity index (χ4v) is 2.78. The van der Waals surface area contributed by atoms with E-state index in [-0.39, 0.29) is 12.6 Å². The summed E-state index contributed by atoms with van der Waals surface area (Å²) in [6, 6.07) is 11.4.